The predicted molar refractivity (Wildman–Crippen MR) is 104 cm³/mol. The van der Waals surface area contributed by atoms with Crippen LogP contribution in [0.5, 0.6) is 0 Å². The highest BCUT2D eigenvalue weighted by Crippen LogP contribution is 2.28. The van der Waals surface area contributed by atoms with E-state index in [4.69, 9.17) is 5.26 Å². The van der Waals surface area contributed by atoms with E-state index in [1.807, 2.05) is 31.2 Å². The Morgan fingerprint density at radius 2 is 1.93 bits per heavy atom. The van der Waals surface area contributed by atoms with Gasteiger partial charge in [0.05, 0.1) is 23.8 Å². The maximum Gasteiger partial charge on any atom is 0.330 e. The average molecular weight is 365 g/mol. The van der Waals surface area contributed by atoms with Gasteiger partial charge in [-0.1, -0.05) is 6.07 Å². The second-order valence-electron chi connectivity index (χ2n) is 6.99. The predicted octanol–water partition coefficient (Wildman–Crippen LogP) is 3.43. The molecule has 0 spiro atoms. The molecule has 1 aliphatic rings. The summed E-state index contributed by atoms with van der Waals surface area (Å²) in [6.07, 6.45) is 2.29. The zero-order valence-electron chi connectivity index (χ0n) is 15.1. The molecule has 2 aromatic rings. The number of aliphatic carboxylic acids is 1. The summed E-state index contributed by atoms with van der Waals surface area (Å²) >= 11 is 0. The van der Waals surface area contributed by atoms with Crippen molar-refractivity contribution in [3.8, 4) is 6.07 Å². The van der Waals surface area contributed by atoms with Crippen LogP contribution in [0, 0.1) is 18.3 Å². The van der Waals surface area contributed by atoms with Crippen LogP contribution < -0.4 is 10.6 Å². The fourth-order valence-electron chi connectivity index (χ4n) is 3.48. The first-order valence-electron chi connectivity index (χ1n) is 9.02. The van der Waals surface area contributed by atoms with E-state index >= 15 is 0 Å². The smallest absolute Gasteiger partial charge is 0.330 e. The van der Waals surface area contributed by atoms with E-state index in [2.05, 4.69) is 10.6 Å². The molecule has 1 saturated carbocycles. The van der Waals surface area contributed by atoms with E-state index in [9.17, 15) is 15.0 Å². The van der Waals surface area contributed by atoms with E-state index in [0.717, 1.165) is 30.5 Å². The third-order valence-electron chi connectivity index (χ3n) is 4.84. The molecule has 1 aliphatic carbocycles. The first-order chi connectivity index (χ1) is 13.0. The van der Waals surface area contributed by atoms with E-state index in [1.54, 1.807) is 24.3 Å². The highest BCUT2D eigenvalue weighted by Gasteiger charge is 2.26. The largest absolute Gasteiger partial charge is 0.479 e. The lowest BCUT2D eigenvalue weighted by atomic mass is 10.0. The van der Waals surface area contributed by atoms with E-state index in [-0.39, 0.29) is 12.1 Å². The Balaban J connectivity index is 1.83. The SMILES string of the molecule is Cc1cc(NC2CCCC2O)cc(C(Nc2ccc(C#N)cc2)C(=O)O)c1. The number of aliphatic hydroxyl groups excluding tert-OH is 1. The molecule has 0 amide bonds. The van der Waals surface area contributed by atoms with Crippen LogP contribution in [-0.2, 0) is 4.79 Å². The van der Waals surface area contributed by atoms with Gasteiger partial charge in [0.1, 0.15) is 0 Å². The Labute approximate surface area is 158 Å². The first-order valence-corrected chi connectivity index (χ1v) is 9.02. The summed E-state index contributed by atoms with van der Waals surface area (Å²) in [5.74, 6) is -0.989. The van der Waals surface area contributed by atoms with Crippen molar-refractivity contribution in [2.75, 3.05) is 10.6 Å². The minimum absolute atomic E-state index is 0.00517. The number of aliphatic hydroxyl groups is 1. The number of carboxylic acids is 1. The number of benzene rings is 2. The number of hydrogen-bond acceptors (Lipinski definition) is 5. The first kappa shape index (κ1) is 18.7. The van der Waals surface area contributed by atoms with Crippen molar-refractivity contribution in [2.45, 2.75) is 44.4 Å². The van der Waals surface area contributed by atoms with Crippen molar-refractivity contribution in [1.82, 2.24) is 0 Å². The molecule has 0 saturated heterocycles. The van der Waals surface area contributed by atoms with Crippen LogP contribution in [0.3, 0.4) is 0 Å². The van der Waals surface area contributed by atoms with Gasteiger partial charge in [0.25, 0.3) is 0 Å². The molecule has 6 heteroatoms. The van der Waals surface area contributed by atoms with Crippen LogP contribution in [0.4, 0.5) is 11.4 Å². The molecule has 3 atom stereocenters. The lowest BCUT2D eigenvalue weighted by Gasteiger charge is -2.21. The number of nitrogens with zero attached hydrogens (tertiary/aromatic N) is 1. The standard InChI is InChI=1S/C21H23N3O3/c1-13-9-15(11-17(10-13)23-18-3-2-4-19(18)25)20(21(26)27)24-16-7-5-14(12-22)6-8-16/h5-11,18-20,23-25H,2-4H2,1H3,(H,26,27). The van der Waals surface area contributed by atoms with Gasteiger partial charge in [-0.3, -0.25) is 0 Å². The minimum atomic E-state index is -0.989. The normalized spacial score (nSPS) is 19.9. The molecular weight excluding hydrogens is 342 g/mol. The third-order valence-corrected chi connectivity index (χ3v) is 4.84. The molecular formula is C21H23N3O3. The average Bonchev–Trinajstić information content (AvgIpc) is 3.04. The fraction of sp³-hybridized carbons (Fsp3) is 0.333. The highest BCUT2D eigenvalue weighted by molar-refractivity contribution is 5.80. The molecule has 2 aromatic carbocycles. The van der Waals surface area contributed by atoms with Crippen LogP contribution in [0.25, 0.3) is 0 Å². The lowest BCUT2D eigenvalue weighted by Crippen LogP contribution is -2.28. The molecule has 0 aromatic heterocycles. The van der Waals surface area contributed by atoms with Crippen LogP contribution >= 0.6 is 0 Å². The van der Waals surface area contributed by atoms with Crippen LogP contribution in [-0.4, -0.2) is 28.3 Å². The molecule has 3 unspecified atom stereocenters. The lowest BCUT2D eigenvalue weighted by molar-refractivity contribution is -0.138. The third kappa shape index (κ3) is 4.57. The van der Waals surface area contributed by atoms with Crippen molar-refractivity contribution in [3.05, 3.63) is 59.2 Å². The van der Waals surface area contributed by atoms with Crippen molar-refractivity contribution < 1.29 is 15.0 Å². The van der Waals surface area contributed by atoms with Crippen molar-refractivity contribution in [2.24, 2.45) is 0 Å². The molecule has 4 N–H and O–H groups in total. The molecule has 0 bridgehead atoms. The second kappa shape index (κ2) is 8.11. The molecule has 27 heavy (non-hydrogen) atoms. The number of rotatable bonds is 6. The molecule has 0 aliphatic heterocycles. The van der Waals surface area contributed by atoms with Gasteiger partial charge in [0.2, 0.25) is 0 Å². The summed E-state index contributed by atoms with van der Waals surface area (Å²) in [6.45, 7) is 1.92. The number of hydrogen-bond donors (Lipinski definition) is 4. The number of nitriles is 1. The Morgan fingerprint density at radius 3 is 2.52 bits per heavy atom. The topological polar surface area (TPSA) is 105 Å². The molecule has 1 fully saturated rings. The van der Waals surface area contributed by atoms with Gasteiger partial charge in [-0.15, -0.1) is 0 Å². The summed E-state index contributed by atoms with van der Waals surface area (Å²) in [4.78, 5) is 11.9. The zero-order chi connectivity index (χ0) is 19.4. The summed E-state index contributed by atoms with van der Waals surface area (Å²) in [5.41, 5.74) is 3.52. The summed E-state index contributed by atoms with van der Waals surface area (Å²) in [6, 6.07) is 13.4. The zero-order valence-corrected chi connectivity index (χ0v) is 15.1. The van der Waals surface area contributed by atoms with E-state index < -0.39 is 12.0 Å². The van der Waals surface area contributed by atoms with E-state index in [1.165, 1.54) is 0 Å². The summed E-state index contributed by atoms with van der Waals surface area (Å²) in [7, 11) is 0. The number of anilines is 2. The Bertz CT molecular complexity index is 858. The Morgan fingerprint density at radius 1 is 1.19 bits per heavy atom. The van der Waals surface area contributed by atoms with Gasteiger partial charge in [-0.05, 0) is 73.7 Å². The Hall–Kier alpha value is -3.04. The molecule has 3 rings (SSSR count). The van der Waals surface area contributed by atoms with Gasteiger partial charge in [-0.2, -0.15) is 5.26 Å². The van der Waals surface area contributed by atoms with Gasteiger partial charge in [-0.25, -0.2) is 4.79 Å². The van der Waals surface area contributed by atoms with Gasteiger partial charge in [0.15, 0.2) is 6.04 Å². The molecule has 6 nitrogen and oxygen atoms in total. The van der Waals surface area contributed by atoms with Gasteiger partial charge < -0.3 is 20.8 Å². The van der Waals surface area contributed by atoms with Crippen molar-refractivity contribution in [1.29, 1.82) is 5.26 Å². The number of carboxylic acid groups (broad SMARTS) is 1. The maximum absolute atomic E-state index is 11.9. The van der Waals surface area contributed by atoms with Crippen molar-refractivity contribution >= 4 is 17.3 Å². The van der Waals surface area contributed by atoms with Crippen molar-refractivity contribution in [3.63, 3.8) is 0 Å². The molecule has 0 heterocycles. The minimum Gasteiger partial charge on any atom is -0.479 e. The highest BCUT2D eigenvalue weighted by atomic mass is 16.4. The van der Waals surface area contributed by atoms with Gasteiger partial charge >= 0.3 is 5.97 Å². The van der Waals surface area contributed by atoms with Gasteiger partial charge in [0, 0.05) is 11.4 Å². The Kier molecular flexibility index (Phi) is 5.63. The van der Waals surface area contributed by atoms with Crippen LogP contribution in [0.2, 0.25) is 0 Å². The summed E-state index contributed by atoms with van der Waals surface area (Å²) < 4.78 is 0. The number of carbonyl (C=O) groups is 1. The number of nitrogens with one attached hydrogen (secondary N) is 2. The maximum atomic E-state index is 11.9. The van der Waals surface area contributed by atoms with Crippen LogP contribution in [0.1, 0.15) is 42.0 Å². The fourth-order valence-corrected chi connectivity index (χ4v) is 3.48. The number of aryl methyl sites for hydroxylation is 1. The van der Waals surface area contributed by atoms with E-state index in [0.29, 0.717) is 16.8 Å². The second-order valence-corrected chi connectivity index (χ2v) is 6.99. The monoisotopic (exact) mass is 365 g/mol. The summed E-state index contributed by atoms with van der Waals surface area (Å²) in [5, 5.41) is 35.0. The molecule has 140 valence electrons. The van der Waals surface area contributed by atoms with Crippen LogP contribution in [0.15, 0.2) is 42.5 Å². The quantitative estimate of drug-likeness (QED) is 0.625. The molecule has 0 radical (unpaired) electrons.